The van der Waals surface area contributed by atoms with E-state index in [9.17, 15) is 23.3 Å². The summed E-state index contributed by atoms with van der Waals surface area (Å²) < 4.78 is 67.3. The largest absolute Gasteiger partial charge is 0.489 e. The first kappa shape index (κ1) is 55.6. The number of fused-ring (bicyclic) bond motifs is 5. The van der Waals surface area contributed by atoms with Crippen molar-refractivity contribution in [1.29, 1.82) is 0 Å². The van der Waals surface area contributed by atoms with E-state index in [0.29, 0.717) is 67.7 Å². The van der Waals surface area contributed by atoms with Gasteiger partial charge in [-0.25, -0.2) is 18.1 Å². The van der Waals surface area contributed by atoms with Crippen LogP contribution in [0.3, 0.4) is 0 Å². The van der Waals surface area contributed by atoms with E-state index >= 15 is 0 Å². The minimum Gasteiger partial charge on any atom is -0.489 e. The van der Waals surface area contributed by atoms with Crippen LogP contribution in [0.1, 0.15) is 104 Å². The average Bonchev–Trinajstić information content (AvgIpc) is 4.14. The summed E-state index contributed by atoms with van der Waals surface area (Å²) in [6, 6.07) is 23.0. The molecular formula is C63H74N10O11S. The Hall–Kier alpha value is -7.24. The van der Waals surface area contributed by atoms with E-state index in [1.54, 1.807) is 13.2 Å². The Morgan fingerprint density at radius 1 is 0.894 bits per heavy atom. The van der Waals surface area contributed by atoms with Crippen molar-refractivity contribution in [1.82, 2.24) is 29.5 Å². The molecule has 1 spiro atoms. The lowest BCUT2D eigenvalue weighted by Crippen LogP contribution is -2.60. The number of benzene rings is 3. The number of piperidine rings is 1. The Kier molecular flexibility index (Phi) is 14.3. The van der Waals surface area contributed by atoms with Crippen LogP contribution in [0.15, 0.2) is 83.9 Å². The van der Waals surface area contributed by atoms with Gasteiger partial charge in [0.2, 0.25) is 5.88 Å². The van der Waals surface area contributed by atoms with Gasteiger partial charge in [-0.3, -0.25) is 24.7 Å². The number of hydrogen-bond donors (Lipinski definition) is 3. The summed E-state index contributed by atoms with van der Waals surface area (Å²) in [7, 11) is -3.04. The molecule has 1 saturated carbocycles. The zero-order valence-electron chi connectivity index (χ0n) is 48.6. The van der Waals surface area contributed by atoms with Gasteiger partial charge in [0.15, 0.2) is 17.2 Å². The predicted molar refractivity (Wildman–Crippen MR) is 319 cm³/mol. The van der Waals surface area contributed by atoms with Gasteiger partial charge in [0.1, 0.15) is 24.0 Å². The Labute approximate surface area is 494 Å². The van der Waals surface area contributed by atoms with Crippen molar-refractivity contribution >= 4 is 55.4 Å². The monoisotopic (exact) mass is 1180 g/mol. The second kappa shape index (κ2) is 21.9. The van der Waals surface area contributed by atoms with Gasteiger partial charge < -0.3 is 48.5 Å². The van der Waals surface area contributed by atoms with Crippen LogP contribution in [0.5, 0.6) is 23.3 Å². The number of nitrogens with one attached hydrogen (secondary N) is 3. The zero-order chi connectivity index (χ0) is 58.4. The fraction of sp³-hybridized carbons (Fsp3) is 0.508. The molecule has 0 radical (unpaired) electrons. The number of nitrogens with zero attached hydrogens (tertiary/aromatic N) is 7. The standard InChI is InChI=1S/C63H74N10O11S/c1-38-7-5-6-8-45(38)53-35-69(34-41-28-47-57(61(65-41)79-4)82-26-17-62(47,2)3)21-22-71(53)43-32-63(33-43)15-19-70(20-16-63)42-9-10-46(50(29-42)72-49-14-25-81-37-55(49)84-60-52(72)27-40-11-18-64-58(40)67-60)59(74)68-85(77,78)44-30-51(73(75)76)56-54(31-44)83-36-48(66-56)39-12-23-80-24-13-39/h5-11,18,27-31,39,43,48-49,53,55,66H,12-17,19-26,32-37H2,1-4H3,(H,64,67)(H,68,74)/t48-,49-,53-,55-/m0/s1. The molecule has 3 N–H and O–H groups in total. The fourth-order valence-electron chi connectivity index (χ4n) is 14.9. The molecule has 3 aromatic carbocycles. The number of H-pyrrole nitrogens is 1. The highest BCUT2D eigenvalue weighted by molar-refractivity contribution is 7.90. The predicted octanol–water partition coefficient (Wildman–Crippen LogP) is 8.96. The summed E-state index contributed by atoms with van der Waals surface area (Å²) in [5.41, 5.74) is 7.38. The van der Waals surface area contributed by atoms with Gasteiger partial charge in [0, 0.05) is 106 Å². The fourth-order valence-corrected chi connectivity index (χ4v) is 15.9. The van der Waals surface area contributed by atoms with Gasteiger partial charge in [0.25, 0.3) is 27.5 Å². The summed E-state index contributed by atoms with van der Waals surface area (Å²) in [4.78, 5) is 49.3. The average molecular weight is 1180 g/mol. The second-order valence-corrected chi connectivity index (χ2v) is 27.0. The first-order valence-corrected chi connectivity index (χ1v) is 31.6. The summed E-state index contributed by atoms with van der Waals surface area (Å²) in [6.45, 7) is 14.6. The van der Waals surface area contributed by atoms with Crippen molar-refractivity contribution in [2.24, 2.45) is 11.3 Å². The maximum atomic E-state index is 15.0. The van der Waals surface area contributed by atoms with Crippen LogP contribution < -0.4 is 38.8 Å². The number of nitro groups is 1. The quantitative estimate of drug-likeness (QED) is 0.0767. The molecule has 0 unspecified atom stereocenters. The van der Waals surface area contributed by atoms with Gasteiger partial charge in [-0.05, 0) is 123 Å². The minimum atomic E-state index is -4.72. The summed E-state index contributed by atoms with van der Waals surface area (Å²) in [5, 5.41) is 16.7. The van der Waals surface area contributed by atoms with Crippen molar-refractivity contribution in [3.05, 3.63) is 117 Å². The number of piperazine rings is 1. The highest BCUT2D eigenvalue weighted by Crippen LogP contribution is 2.54. The SMILES string of the molecule is COc1nc(CN2CCN(C3CC4(CCN(c5ccc(C(=O)NS(=O)(=O)c6cc7c(c([N+](=O)[O-])c6)N[C@H](C6CCOCC6)CO7)c(N6c7cc8cc[nH]c8nc7O[C@H]7COCC[C@@H]76)c5)CC4)C3)[C@H](c3ccccc3C)C2)cc2c1OCCC2(C)C. The second-order valence-electron chi connectivity index (χ2n) is 25.3. The molecule has 14 rings (SSSR count). The van der Waals surface area contributed by atoms with Gasteiger partial charge >= 0.3 is 0 Å². The van der Waals surface area contributed by atoms with E-state index in [4.69, 9.17) is 38.4 Å². The van der Waals surface area contributed by atoms with E-state index in [2.05, 4.69) is 85.7 Å². The van der Waals surface area contributed by atoms with E-state index in [-0.39, 0.29) is 65.1 Å². The molecule has 6 aromatic rings. The molecule has 10 heterocycles. The molecule has 22 heteroatoms. The normalized spacial score (nSPS) is 24.1. The zero-order valence-corrected chi connectivity index (χ0v) is 49.5. The van der Waals surface area contributed by atoms with Crippen molar-refractivity contribution < 1.29 is 46.6 Å². The van der Waals surface area contributed by atoms with E-state index < -0.39 is 37.5 Å². The molecule has 21 nitrogen and oxygen atoms in total. The summed E-state index contributed by atoms with van der Waals surface area (Å²) >= 11 is 0. The van der Waals surface area contributed by atoms with Crippen molar-refractivity contribution in [2.75, 3.05) is 94.6 Å². The molecule has 3 aromatic heterocycles. The lowest BCUT2D eigenvalue weighted by molar-refractivity contribution is -0.384. The summed E-state index contributed by atoms with van der Waals surface area (Å²) in [5.74, 6) is 0.981. The van der Waals surface area contributed by atoms with Gasteiger partial charge in [-0.2, -0.15) is 4.98 Å². The number of sulfonamides is 1. The third-order valence-corrected chi connectivity index (χ3v) is 21.1. The van der Waals surface area contributed by atoms with Crippen LogP contribution in [0, 0.1) is 28.4 Å². The number of carbonyl (C=O) groups is 1. The third-order valence-electron chi connectivity index (χ3n) is 19.8. The highest BCUT2D eigenvalue weighted by Gasteiger charge is 2.51. The molecule has 4 saturated heterocycles. The molecule has 448 valence electrons. The molecule has 1 amide bonds. The van der Waals surface area contributed by atoms with Gasteiger partial charge in [-0.1, -0.05) is 38.1 Å². The Morgan fingerprint density at radius 3 is 2.51 bits per heavy atom. The number of nitro benzene ring substituents is 1. The van der Waals surface area contributed by atoms with Crippen LogP contribution >= 0.6 is 0 Å². The highest BCUT2D eigenvalue weighted by atomic mass is 32.2. The minimum absolute atomic E-state index is 0.0253. The number of ether oxygens (including phenoxy) is 6. The van der Waals surface area contributed by atoms with Gasteiger partial charge in [0.05, 0.1) is 59.2 Å². The maximum absolute atomic E-state index is 15.0. The smallest absolute Gasteiger partial charge is 0.297 e. The topological polar surface area (TPSA) is 228 Å². The first-order valence-electron chi connectivity index (χ1n) is 30.1. The maximum Gasteiger partial charge on any atom is 0.297 e. The Balaban J connectivity index is 0.722. The van der Waals surface area contributed by atoms with Crippen LogP contribution in [-0.2, 0) is 31.5 Å². The van der Waals surface area contributed by atoms with E-state index in [0.717, 1.165) is 118 Å². The van der Waals surface area contributed by atoms with E-state index in [1.807, 2.05) is 30.5 Å². The number of amides is 1. The molecular weight excluding hydrogens is 1100 g/mol. The van der Waals surface area contributed by atoms with Crippen LogP contribution in [-0.4, -0.2) is 148 Å². The molecule has 8 aliphatic rings. The number of aryl methyl sites for hydroxylation is 1. The molecule has 7 aliphatic heterocycles. The van der Waals surface area contributed by atoms with Gasteiger partial charge in [-0.15, -0.1) is 0 Å². The lowest BCUT2D eigenvalue weighted by Gasteiger charge is -2.58. The molecule has 1 aliphatic carbocycles. The van der Waals surface area contributed by atoms with Crippen LogP contribution in [0.2, 0.25) is 0 Å². The lowest BCUT2D eigenvalue weighted by atomic mass is 9.59. The number of rotatable bonds is 12. The number of hydrogen-bond acceptors (Lipinski definition) is 18. The van der Waals surface area contributed by atoms with Crippen LogP contribution in [0.25, 0.3) is 11.0 Å². The number of anilines is 4. The number of carbonyl (C=O) groups excluding carboxylic acids is 1. The van der Waals surface area contributed by atoms with Crippen LogP contribution in [0.4, 0.5) is 28.4 Å². The van der Waals surface area contributed by atoms with Crippen molar-refractivity contribution in [2.45, 2.75) is 119 Å². The molecule has 85 heavy (non-hydrogen) atoms. The number of methoxy groups -OCH3 is 1. The molecule has 0 bridgehead atoms. The Morgan fingerprint density at radius 2 is 1.71 bits per heavy atom. The van der Waals surface area contributed by atoms with Crippen molar-refractivity contribution in [3.8, 4) is 23.3 Å². The van der Waals surface area contributed by atoms with E-state index in [1.165, 1.54) is 17.2 Å². The summed E-state index contributed by atoms with van der Waals surface area (Å²) in [6.07, 6.45) is 8.62. The Bertz CT molecular complexity index is 3690. The number of pyridine rings is 2. The molecule has 5 fully saturated rings. The number of aromatic amines is 1. The van der Waals surface area contributed by atoms with Crippen molar-refractivity contribution in [3.63, 3.8) is 0 Å². The third kappa shape index (κ3) is 10.3. The number of aromatic nitrogens is 3. The molecule has 4 atom stereocenters. The first-order chi connectivity index (χ1) is 41.1.